The van der Waals surface area contributed by atoms with E-state index in [2.05, 4.69) is 23.6 Å². The molecule has 1 atom stereocenters. The number of thioether (sulfide) groups is 1. The van der Waals surface area contributed by atoms with Gasteiger partial charge in [-0.15, -0.1) is 0 Å². The molecule has 18 heavy (non-hydrogen) atoms. The van der Waals surface area contributed by atoms with Crippen LogP contribution in [0.2, 0.25) is 5.15 Å². The standard InChI is InChI=1S/C13H24ClN3S/c1-5-7-15-11(6-8-18-4)9-12-10(2)16-17(3)13(12)14/h11,15H,5-9H2,1-4H3. The van der Waals surface area contributed by atoms with E-state index < -0.39 is 0 Å². The van der Waals surface area contributed by atoms with E-state index in [0.717, 1.165) is 30.2 Å². The fourth-order valence-electron chi connectivity index (χ4n) is 2.04. The lowest BCUT2D eigenvalue weighted by molar-refractivity contribution is 0.497. The molecule has 0 fully saturated rings. The molecule has 104 valence electrons. The van der Waals surface area contributed by atoms with Gasteiger partial charge in [-0.05, 0) is 44.7 Å². The minimum absolute atomic E-state index is 0.498. The first-order valence-corrected chi connectivity index (χ1v) is 8.27. The lowest BCUT2D eigenvalue weighted by atomic mass is 10.0. The van der Waals surface area contributed by atoms with Crippen molar-refractivity contribution in [2.24, 2.45) is 7.05 Å². The van der Waals surface area contributed by atoms with Gasteiger partial charge in [0.2, 0.25) is 0 Å². The Morgan fingerprint density at radius 3 is 2.72 bits per heavy atom. The highest BCUT2D eigenvalue weighted by Gasteiger charge is 2.16. The largest absolute Gasteiger partial charge is 0.314 e. The van der Waals surface area contributed by atoms with E-state index in [4.69, 9.17) is 11.6 Å². The molecule has 0 bridgehead atoms. The van der Waals surface area contributed by atoms with Gasteiger partial charge >= 0.3 is 0 Å². The van der Waals surface area contributed by atoms with Crippen molar-refractivity contribution in [3.05, 3.63) is 16.4 Å². The summed E-state index contributed by atoms with van der Waals surface area (Å²) in [5.41, 5.74) is 2.24. The Morgan fingerprint density at radius 2 is 2.22 bits per heavy atom. The summed E-state index contributed by atoms with van der Waals surface area (Å²) in [6.45, 7) is 5.30. The first-order valence-electron chi connectivity index (χ1n) is 6.50. The average Bonchev–Trinajstić information content (AvgIpc) is 2.58. The monoisotopic (exact) mass is 289 g/mol. The quantitative estimate of drug-likeness (QED) is 0.798. The van der Waals surface area contributed by atoms with Gasteiger partial charge in [0.1, 0.15) is 5.15 Å². The average molecular weight is 290 g/mol. The maximum atomic E-state index is 6.29. The lowest BCUT2D eigenvalue weighted by Gasteiger charge is -2.18. The lowest BCUT2D eigenvalue weighted by Crippen LogP contribution is -2.32. The molecule has 0 aliphatic rings. The van der Waals surface area contributed by atoms with Gasteiger partial charge in [0.25, 0.3) is 0 Å². The van der Waals surface area contributed by atoms with Gasteiger partial charge in [-0.3, -0.25) is 4.68 Å². The Bertz CT molecular complexity index is 357. The van der Waals surface area contributed by atoms with Crippen LogP contribution in [0.25, 0.3) is 0 Å². The van der Waals surface area contributed by atoms with Crippen molar-refractivity contribution in [3.63, 3.8) is 0 Å². The van der Waals surface area contributed by atoms with Gasteiger partial charge in [-0.1, -0.05) is 18.5 Å². The number of hydrogen-bond acceptors (Lipinski definition) is 3. The van der Waals surface area contributed by atoms with Gasteiger partial charge in [-0.25, -0.2) is 0 Å². The Labute approximate surface area is 120 Å². The summed E-state index contributed by atoms with van der Waals surface area (Å²) in [7, 11) is 1.90. The number of aryl methyl sites for hydroxylation is 2. The van der Waals surface area contributed by atoms with E-state index in [0.29, 0.717) is 6.04 Å². The molecule has 1 N–H and O–H groups in total. The summed E-state index contributed by atoms with van der Waals surface area (Å²) in [5, 5.41) is 8.76. The van der Waals surface area contributed by atoms with Crippen molar-refractivity contribution in [1.82, 2.24) is 15.1 Å². The second-order valence-electron chi connectivity index (χ2n) is 4.62. The van der Waals surface area contributed by atoms with Crippen molar-refractivity contribution in [2.45, 2.75) is 39.2 Å². The molecule has 1 heterocycles. The van der Waals surface area contributed by atoms with E-state index in [1.54, 1.807) is 4.68 Å². The number of rotatable bonds is 8. The Balaban J connectivity index is 2.68. The van der Waals surface area contributed by atoms with Crippen molar-refractivity contribution >= 4 is 23.4 Å². The number of nitrogens with one attached hydrogen (secondary N) is 1. The highest BCUT2D eigenvalue weighted by atomic mass is 35.5. The van der Waals surface area contributed by atoms with E-state index in [1.165, 1.54) is 17.7 Å². The molecule has 0 saturated carbocycles. The third-order valence-electron chi connectivity index (χ3n) is 3.07. The molecule has 1 unspecified atom stereocenters. The van der Waals surface area contributed by atoms with Crippen molar-refractivity contribution in [2.75, 3.05) is 18.6 Å². The first kappa shape index (κ1) is 15.9. The highest BCUT2D eigenvalue weighted by molar-refractivity contribution is 7.98. The van der Waals surface area contributed by atoms with Crippen LogP contribution in [0.1, 0.15) is 31.0 Å². The topological polar surface area (TPSA) is 29.9 Å². The summed E-state index contributed by atoms with van der Waals surface area (Å²) in [6, 6.07) is 0.498. The maximum absolute atomic E-state index is 6.29. The number of nitrogens with zero attached hydrogens (tertiary/aromatic N) is 2. The van der Waals surface area contributed by atoms with Gasteiger partial charge < -0.3 is 5.32 Å². The van der Waals surface area contributed by atoms with Crippen LogP contribution in [-0.4, -0.2) is 34.4 Å². The minimum Gasteiger partial charge on any atom is -0.314 e. The number of hydrogen-bond donors (Lipinski definition) is 1. The summed E-state index contributed by atoms with van der Waals surface area (Å²) in [6.07, 6.45) is 5.46. The molecule has 0 amide bonds. The second-order valence-corrected chi connectivity index (χ2v) is 5.96. The van der Waals surface area contributed by atoms with Gasteiger partial charge in [0, 0.05) is 18.7 Å². The van der Waals surface area contributed by atoms with Crippen molar-refractivity contribution in [3.8, 4) is 0 Å². The van der Waals surface area contributed by atoms with Crippen LogP contribution in [0.4, 0.5) is 0 Å². The summed E-state index contributed by atoms with van der Waals surface area (Å²) in [5.74, 6) is 1.18. The molecule has 0 aromatic carbocycles. The predicted molar refractivity (Wildman–Crippen MR) is 81.7 cm³/mol. The summed E-state index contributed by atoms with van der Waals surface area (Å²) in [4.78, 5) is 0. The van der Waals surface area contributed by atoms with Crippen LogP contribution in [0.15, 0.2) is 0 Å². The molecule has 0 aliphatic carbocycles. The fourth-order valence-corrected chi connectivity index (χ4v) is 2.81. The normalized spacial score (nSPS) is 12.9. The molecule has 3 nitrogen and oxygen atoms in total. The zero-order valence-corrected chi connectivity index (χ0v) is 13.4. The molecule has 0 aliphatic heterocycles. The molecule has 5 heteroatoms. The van der Waals surface area contributed by atoms with E-state index >= 15 is 0 Å². The van der Waals surface area contributed by atoms with Crippen LogP contribution >= 0.6 is 23.4 Å². The zero-order valence-electron chi connectivity index (χ0n) is 11.8. The van der Waals surface area contributed by atoms with Crippen LogP contribution in [-0.2, 0) is 13.5 Å². The Kier molecular flexibility index (Phi) is 7.12. The Hall–Kier alpha value is -0.190. The van der Waals surface area contributed by atoms with E-state index in [-0.39, 0.29) is 0 Å². The van der Waals surface area contributed by atoms with Crippen LogP contribution < -0.4 is 5.32 Å². The van der Waals surface area contributed by atoms with Gasteiger partial charge in [0.05, 0.1) is 5.69 Å². The molecule has 0 spiro atoms. The van der Waals surface area contributed by atoms with Crippen molar-refractivity contribution < 1.29 is 0 Å². The predicted octanol–water partition coefficient (Wildman–Crippen LogP) is 3.05. The smallest absolute Gasteiger partial charge is 0.130 e. The van der Waals surface area contributed by atoms with E-state index in [1.807, 2.05) is 25.7 Å². The van der Waals surface area contributed by atoms with Crippen LogP contribution in [0, 0.1) is 6.92 Å². The molecular formula is C13H24ClN3S. The summed E-state index contributed by atoms with van der Waals surface area (Å²) < 4.78 is 1.76. The molecule has 0 saturated heterocycles. The van der Waals surface area contributed by atoms with Crippen molar-refractivity contribution in [1.29, 1.82) is 0 Å². The van der Waals surface area contributed by atoms with Gasteiger partial charge in [0.15, 0.2) is 0 Å². The second kappa shape index (κ2) is 8.08. The fraction of sp³-hybridized carbons (Fsp3) is 0.769. The number of halogens is 1. The SMILES string of the molecule is CCCNC(CCSC)Cc1c(C)nn(C)c1Cl. The highest BCUT2D eigenvalue weighted by Crippen LogP contribution is 2.21. The minimum atomic E-state index is 0.498. The molecule has 0 radical (unpaired) electrons. The zero-order chi connectivity index (χ0) is 13.5. The third kappa shape index (κ3) is 4.48. The molecule has 1 aromatic rings. The van der Waals surface area contributed by atoms with E-state index in [9.17, 15) is 0 Å². The van der Waals surface area contributed by atoms with Crippen LogP contribution in [0.5, 0.6) is 0 Å². The maximum Gasteiger partial charge on any atom is 0.130 e. The summed E-state index contributed by atoms with van der Waals surface area (Å²) >= 11 is 8.19. The number of aromatic nitrogens is 2. The molecular weight excluding hydrogens is 266 g/mol. The first-order chi connectivity index (χ1) is 8.60. The molecule has 1 aromatic heterocycles. The third-order valence-corrected chi connectivity index (χ3v) is 4.19. The Morgan fingerprint density at radius 1 is 1.50 bits per heavy atom. The van der Waals surface area contributed by atoms with Crippen LogP contribution in [0.3, 0.4) is 0 Å². The van der Waals surface area contributed by atoms with Gasteiger partial charge in [-0.2, -0.15) is 16.9 Å². The molecule has 1 rings (SSSR count).